The molecule has 0 fully saturated rings. The summed E-state index contributed by atoms with van der Waals surface area (Å²) in [6, 6.07) is 11.4. The highest BCUT2D eigenvalue weighted by atomic mass is 16.6. The van der Waals surface area contributed by atoms with Crippen molar-refractivity contribution >= 4 is 71.0 Å². The zero-order chi connectivity index (χ0) is 32.2. The molecule has 0 aromatic heterocycles. The van der Waals surface area contributed by atoms with Gasteiger partial charge in [0.15, 0.2) is 26.4 Å². The van der Waals surface area contributed by atoms with Crippen LogP contribution in [-0.4, -0.2) is 87.9 Å². The van der Waals surface area contributed by atoms with Crippen LogP contribution in [0.1, 0.15) is 0 Å². The maximum Gasteiger partial charge on any atom is 0.412 e. The highest BCUT2D eigenvalue weighted by molar-refractivity contribution is 5.87. The summed E-state index contributed by atoms with van der Waals surface area (Å²) in [6.45, 7) is -4.10. The number of carbonyl (C=O) groups excluding carboxylic acids is 8. The molecule has 44 heavy (non-hydrogen) atoms. The Morgan fingerprint density at radius 3 is 1.16 bits per heavy atom. The minimum Gasteiger partial charge on any atom is -0.460 e. The van der Waals surface area contributed by atoms with Crippen LogP contribution in [0.25, 0.3) is 0 Å². The minimum absolute atomic E-state index is 0.290. The summed E-state index contributed by atoms with van der Waals surface area (Å²) >= 11 is 0. The first-order valence-corrected chi connectivity index (χ1v) is 12.0. The molecule has 2 amide bonds. The normalized spacial score (nSPS) is 9.55. The number of rotatable bonds is 15. The Bertz CT molecular complexity index is 1320. The molecule has 0 heterocycles. The van der Waals surface area contributed by atoms with E-state index < -0.39 is 75.7 Å². The van der Waals surface area contributed by atoms with Crippen molar-refractivity contribution in [1.82, 2.24) is 0 Å². The molecule has 0 saturated carbocycles. The summed E-state index contributed by atoms with van der Waals surface area (Å²) in [7, 11) is 0. The number of amides is 2. The monoisotopic (exact) mass is 614 g/mol. The van der Waals surface area contributed by atoms with Crippen molar-refractivity contribution in [2.24, 2.45) is 9.98 Å². The van der Waals surface area contributed by atoms with E-state index in [4.69, 9.17) is 9.47 Å². The molecule has 0 aliphatic carbocycles. The summed E-state index contributed by atoms with van der Waals surface area (Å²) in [4.78, 5) is 97.0. The molecular weight excluding hydrogens is 592 g/mol. The molecule has 2 aromatic carbocycles. The number of ether oxygens (including phenoxy) is 6. The molecule has 0 bridgehead atoms. The van der Waals surface area contributed by atoms with Crippen LogP contribution in [0.5, 0.6) is 0 Å². The predicted molar refractivity (Wildman–Crippen MR) is 142 cm³/mol. The Morgan fingerprint density at radius 1 is 0.500 bits per heavy atom. The van der Waals surface area contributed by atoms with E-state index in [1.807, 2.05) is 0 Å². The molecule has 0 aliphatic rings. The van der Waals surface area contributed by atoms with Gasteiger partial charge in [0, 0.05) is 11.4 Å². The molecule has 0 unspecified atom stereocenters. The third kappa shape index (κ3) is 14.3. The van der Waals surface area contributed by atoms with Gasteiger partial charge in [0.05, 0.1) is 11.4 Å². The lowest BCUT2D eigenvalue weighted by molar-refractivity contribution is -0.165. The van der Waals surface area contributed by atoms with E-state index in [0.717, 1.165) is 0 Å². The van der Waals surface area contributed by atoms with E-state index in [1.165, 1.54) is 60.7 Å². The van der Waals surface area contributed by atoms with Gasteiger partial charge in [0.25, 0.3) is 0 Å². The molecular formula is C26H22N4O14. The van der Waals surface area contributed by atoms with Gasteiger partial charge >= 0.3 is 36.1 Å². The highest BCUT2D eigenvalue weighted by Crippen LogP contribution is 2.16. The molecule has 18 heteroatoms. The van der Waals surface area contributed by atoms with E-state index in [2.05, 4.69) is 39.6 Å². The topological polar surface area (TPSA) is 241 Å². The first-order valence-electron chi connectivity index (χ1n) is 12.0. The molecule has 0 aliphatic heterocycles. The van der Waals surface area contributed by atoms with E-state index in [0.29, 0.717) is 11.4 Å². The maximum atomic E-state index is 11.7. The van der Waals surface area contributed by atoms with Crippen LogP contribution >= 0.6 is 0 Å². The molecule has 2 rings (SSSR count). The Hall–Kier alpha value is -6.38. The summed E-state index contributed by atoms with van der Waals surface area (Å²) in [5, 5.41) is 4.62. The highest BCUT2D eigenvalue weighted by Gasteiger charge is 2.14. The second-order valence-corrected chi connectivity index (χ2v) is 7.66. The summed E-state index contributed by atoms with van der Waals surface area (Å²) < 4.78 is 27.9. The average molecular weight is 614 g/mol. The second kappa shape index (κ2) is 18.9. The van der Waals surface area contributed by atoms with Crippen molar-refractivity contribution in [2.45, 2.75) is 0 Å². The van der Waals surface area contributed by atoms with E-state index in [1.54, 1.807) is 0 Å². The van der Waals surface area contributed by atoms with E-state index in [9.17, 15) is 38.4 Å². The molecule has 0 saturated heterocycles. The number of aliphatic imine (C=N–C) groups is 2. The third-order valence-corrected chi connectivity index (χ3v) is 4.53. The van der Waals surface area contributed by atoms with Gasteiger partial charge < -0.3 is 28.4 Å². The number of anilines is 2. The van der Waals surface area contributed by atoms with Gasteiger partial charge in [-0.2, -0.15) is 9.98 Å². The van der Waals surface area contributed by atoms with Crippen LogP contribution < -0.4 is 10.6 Å². The number of carbonyl (C=O) groups is 6. The van der Waals surface area contributed by atoms with Crippen LogP contribution in [0.15, 0.2) is 58.5 Å². The van der Waals surface area contributed by atoms with Gasteiger partial charge in [-0.05, 0) is 48.5 Å². The van der Waals surface area contributed by atoms with Gasteiger partial charge in [0.2, 0.25) is 12.2 Å². The van der Waals surface area contributed by atoms with Gasteiger partial charge in [-0.15, -0.1) is 0 Å². The summed E-state index contributed by atoms with van der Waals surface area (Å²) in [6.07, 6.45) is 0.737. The number of esters is 4. The number of hydrogen-bond donors (Lipinski definition) is 2. The van der Waals surface area contributed by atoms with E-state index in [-0.39, 0.29) is 11.4 Å². The lowest BCUT2D eigenvalue weighted by atomic mass is 10.3. The first-order chi connectivity index (χ1) is 21.2. The van der Waals surface area contributed by atoms with Crippen LogP contribution in [0.3, 0.4) is 0 Å². The van der Waals surface area contributed by atoms with Crippen molar-refractivity contribution in [1.29, 1.82) is 0 Å². The molecule has 0 atom stereocenters. The number of hydrogen-bond acceptors (Lipinski definition) is 16. The number of benzene rings is 2. The number of isocyanates is 2. The van der Waals surface area contributed by atoms with Crippen LogP contribution in [0, 0.1) is 0 Å². The van der Waals surface area contributed by atoms with Gasteiger partial charge in [-0.25, -0.2) is 38.4 Å². The fraction of sp³-hybridized carbons (Fsp3) is 0.231. The van der Waals surface area contributed by atoms with Crippen molar-refractivity contribution < 1.29 is 66.8 Å². The molecule has 2 N–H and O–H groups in total. The Labute approximate surface area is 246 Å². The maximum absolute atomic E-state index is 11.7. The smallest absolute Gasteiger partial charge is 0.412 e. The summed E-state index contributed by atoms with van der Waals surface area (Å²) in [5.74, 6) is -4.10. The Morgan fingerprint density at radius 2 is 0.818 bits per heavy atom. The number of nitrogens with one attached hydrogen (secondary N) is 2. The SMILES string of the molecule is O=C=Nc1ccc(NC(=O)OCC(=O)OCC(=O)OCCOC(=O)COC(=O)COC(=O)Nc2ccc(N=C=O)cc2)cc1. The molecule has 2 aromatic rings. The van der Waals surface area contributed by atoms with Crippen LogP contribution in [0.2, 0.25) is 0 Å². The average Bonchev–Trinajstić information content (AvgIpc) is 3.01. The zero-order valence-electron chi connectivity index (χ0n) is 22.5. The second-order valence-electron chi connectivity index (χ2n) is 7.66. The van der Waals surface area contributed by atoms with E-state index >= 15 is 0 Å². The third-order valence-electron chi connectivity index (χ3n) is 4.53. The lowest BCUT2D eigenvalue weighted by Gasteiger charge is -2.09. The van der Waals surface area contributed by atoms with Crippen molar-refractivity contribution in [3.63, 3.8) is 0 Å². The van der Waals surface area contributed by atoms with Crippen LogP contribution in [0.4, 0.5) is 32.3 Å². The molecule has 0 spiro atoms. The van der Waals surface area contributed by atoms with Gasteiger partial charge in [-0.1, -0.05) is 0 Å². The van der Waals surface area contributed by atoms with Crippen molar-refractivity contribution in [3.05, 3.63) is 48.5 Å². The van der Waals surface area contributed by atoms with Gasteiger partial charge in [0.1, 0.15) is 13.2 Å². The predicted octanol–water partition coefficient (Wildman–Crippen LogP) is 1.59. The largest absolute Gasteiger partial charge is 0.460 e. The Kier molecular flexibility index (Phi) is 14.5. The fourth-order valence-electron chi connectivity index (χ4n) is 2.66. The molecule has 230 valence electrons. The Balaban J connectivity index is 1.50. The summed E-state index contributed by atoms with van der Waals surface area (Å²) in [5.41, 5.74) is 1.21. The van der Waals surface area contributed by atoms with Crippen molar-refractivity contribution in [3.8, 4) is 0 Å². The van der Waals surface area contributed by atoms with Crippen LogP contribution in [-0.2, 0) is 57.2 Å². The molecule has 18 nitrogen and oxygen atoms in total. The zero-order valence-corrected chi connectivity index (χ0v) is 22.5. The quantitative estimate of drug-likeness (QED) is 0.0952. The first kappa shape index (κ1) is 33.8. The standard InChI is InChI=1S/C26H22N4O14/c31-15-27-17-1-5-19(6-2-17)29-25(37)43-13-23(35)41-11-21(33)39-9-10-40-22(34)12-42-24(36)14-44-26(38)30-20-7-3-18(4-8-20)28-16-32/h1-8H,9-14H2,(H,29,37)(H,30,38). The lowest BCUT2D eigenvalue weighted by Crippen LogP contribution is -2.25. The van der Waals surface area contributed by atoms with Gasteiger partial charge in [-0.3, -0.25) is 10.6 Å². The van der Waals surface area contributed by atoms with Crippen molar-refractivity contribution in [2.75, 3.05) is 50.3 Å². The fourth-order valence-corrected chi connectivity index (χ4v) is 2.66. The number of nitrogens with zero attached hydrogens (tertiary/aromatic N) is 2. The molecule has 0 radical (unpaired) electrons. The minimum atomic E-state index is -1.05.